The summed E-state index contributed by atoms with van der Waals surface area (Å²) in [7, 11) is 0. The Hall–Kier alpha value is -0.0800. The number of rotatable bonds is 8. The quantitative estimate of drug-likeness (QED) is 0.670. The standard InChI is InChI=1S/C13H27NO/c1-4-13(15)6-5-9-14(10-11(2)3)12-7-8-12/h11-13,15H,4-10H2,1-3H3. The van der Waals surface area contributed by atoms with Gasteiger partial charge in [-0.15, -0.1) is 0 Å². The predicted molar refractivity (Wildman–Crippen MR) is 65.0 cm³/mol. The lowest BCUT2D eigenvalue weighted by Gasteiger charge is -2.24. The van der Waals surface area contributed by atoms with Crippen LogP contribution in [0.5, 0.6) is 0 Å². The van der Waals surface area contributed by atoms with E-state index in [0.717, 1.165) is 31.2 Å². The molecule has 1 N–H and O–H groups in total. The van der Waals surface area contributed by atoms with Crippen molar-refractivity contribution in [1.29, 1.82) is 0 Å². The highest BCUT2D eigenvalue weighted by Gasteiger charge is 2.28. The van der Waals surface area contributed by atoms with E-state index in [0.29, 0.717) is 0 Å². The molecule has 1 aliphatic rings. The highest BCUT2D eigenvalue weighted by atomic mass is 16.3. The third-order valence-electron chi connectivity index (χ3n) is 3.12. The summed E-state index contributed by atoms with van der Waals surface area (Å²) in [5.74, 6) is 0.765. The lowest BCUT2D eigenvalue weighted by atomic mass is 10.1. The second kappa shape index (κ2) is 6.49. The Balaban J connectivity index is 2.14. The van der Waals surface area contributed by atoms with Gasteiger partial charge in [-0.2, -0.15) is 0 Å². The predicted octanol–water partition coefficient (Wildman–Crippen LogP) is 2.66. The Morgan fingerprint density at radius 1 is 1.33 bits per heavy atom. The fourth-order valence-corrected chi connectivity index (χ4v) is 2.07. The highest BCUT2D eigenvalue weighted by Crippen LogP contribution is 2.27. The monoisotopic (exact) mass is 213 g/mol. The molecule has 1 aliphatic carbocycles. The summed E-state index contributed by atoms with van der Waals surface area (Å²) in [6, 6.07) is 0.867. The zero-order chi connectivity index (χ0) is 11.3. The Kier molecular flexibility index (Phi) is 5.62. The first-order valence-corrected chi connectivity index (χ1v) is 6.55. The van der Waals surface area contributed by atoms with Crippen LogP contribution in [0.15, 0.2) is 0 Å². The van der Waals surface area contributed by atoms with Gasteiger partial charge in [-0.05, 0) is 44.6 Å². The van der Waals surface area contributed by atoms with Crippen LogP contribution in [-0.4, -0.2) is 35.2 Å². The molecule has 0 radical (unpaired) electrons. The number of hydrogen-bond acceptors (Lipinski definition) is 2. The molecule has 1 atom stereocenters. The first kappa shape index (κ1) is 13.0. The van der Waals surface area contributed by atoms with Gasteiger partial charge in [-0.1, -0.05) is 20.8 Å². The van der Waals surface area contributed by atoms with Crippen LogP contribution in [0, 0.1) is 5.92 Å². The minimum absolute atomic E-state index is 0.0786. The van der Waals surface area contributed by atoms with Crippen LogP contribution in [0.3, 0.4) is 0 Å². The van der Waals surface area contributed by atoms with Crippen LogP contribution in [0.4, 0.5) is 0 Å². The van der Waals surface area contributed by atoms with E-state index < -0.39 is 0 Å². The minimum Gasteiger partial charge on any atom is -0.393 e. The van der Waals surface area contributed by atoms with Gasteiger partial charge in [0.05, 0.1) is 6.10 Å². The molecule has 0 saturated heterocycles. The van der Waals surface area contributed by atoms with Crippen molar-refractivity contribution >= 4 is 0 Å². The third-order valence-corrected chi connectivity index (χ3v) is 3.12. The Morgan fingerprint density at radius 3 is 2.47 bits per heavy atom. The fraction of sp³-hybridized carbons (Fsp3) is 1.00. The van der Waals surface area contributed by atoms with Crippen LogP contribution < -0.4 is 0 Å². The molecule has 15 heavy (non-hydrogen) atoms. The van der Waals surface area contributed by atoms with Crippen LogP contribution in [0.2, 0.25) is 0 Å². The van der Waals surface area contributed by atoms with Gasteiger partial charge < -0.3 is 10.0 Å². The van der Waals surface area contributed by atoms with Gasteiger partial charge in [0.1, 0.15) is 0 Å². The molecule has 0 aliphatic heterocycles. The Bertz CT molecular complexity index is 166. The molecule has 0 heterocycles. The Morgan fingerprint density at radius 2 is 2.00 bits per heavy atom. The maximum absolute atomic E-state index is 9.49. The highest BCUT2D eigenvalue weighted by molar-refractivity contribution is 4.84. The number of hydrogen-bond donors (Lipinski definition) is 1. The fourth-order valence-electron chi connectivity index (χ4n) is 2.07. The van der Waals surface area contributed by atoms with Gasteiger partial charge in [-0.25, -0.2) is 0 Å². The summed E-state index contributed by atoms with van der Waals surface area (Å²) >= 11 is 0. The summed E-state index contributed by atoms with van der Waals surface area (Å²) < 4.78 is 0. The molecule has 0 amide bonds. The van der Waals surface area contributed by atoms with Crippen LogP contribution in [-0.2, 0) is 0 Å². The van der Waals surface area contributed by atoms with Crippen molar-refractivity contribution in [3.05, 3.63) is 0 Å². The van der Waals surface area contributed by atoms with E-state index in [1.165, 1.54) is 25.9 Å². The van der Waals surface area contributed by atoms with Crippen molar-refractivity contribution in [2.75, 3.05) is 13.1 Å². The minimum atomic E-state index is -0.0786. The lowest BCUT2D eigenvalue weighted by molar-refractivity contribution is 0.145. The summed E-state index contributed by atoms with van der Waals surface area (Å²) in [6.45, 7) is 9.04. The summed E-state index contributed by atoms with van der Waals surface area (Å²) in [5.41, 5.74) is 0. The van der Waals surface area contributed by atoms with E-state index in [4.69, 9.17) is 0 Å². The van der Waals surface area contributed by atoms with E-state index in [2.05, 4.69) is 25.7 Å². The van der Waals surface area contributed by atoms with E-state index in [1.807, 2.05) is 0 Å². The van der Waals surface area contributed by atoms with E-state index >= 15 is 0 Å². The second-order valence-electron chi connectivity index (χ2n) is 5.32. The molecule has 0 aromatic heterocycles. The van der Waals surface area contributed by atoms with Crippen molar-refractivity contribution in [3.63, 3.8) is 0 Å². The lowest BCUT2D eigenvalue weighted by Crippen LogP contribution is -2.31. The van der Waals surface area contributed by atoms with Gasteiger partial charge in [0.2, 0.25) is 0 Å². The average Bonchev–Trinajstić information content (AvgIpc) is 2.98. The van der Waals surface area contributed by atoms with E-state index in [1.54, 1.807) is 0 Å². The molecular formula is C13H27NO. The second-order valence-corrected chi connectivity index (χ2v) is 5.32. The van der Waals surface area contributed by atoms with Gasteiger partial charge in [0, 0.05) is 12.6 Å². The molecule has 2 nitrogen and oxygen atoms in total. The summed E-state index contributed by atoms with van der Waals surface area (Å²) in [5, 5.41) is 9.49. The molecule has 1 fully saturated rings. The van der Waals surface area contributed by atoms with Crippen molar-refractivity contribution in [2.24, 2.45) is 5.92 Å². The van der Waals surface area contributed by atoms with Crippen molar-refractivity contribution in [3.8, 4) is 0 Å². The maximum atomic E-state index is 9.49. The molecule has 0 aromatic carbocycles. The van der Waals surface area contributed by atoms with Gasteiger partial charge >= 0.3 is 0 Å². The molecule has 2 heteroatoms. The van der Waals surface area contributed by atoms with Gasteiger partial charge in [0.15, 0.2) is 0 Å². The van der Waals surface area contributed by atoms with E-state index in [-0.39, 0.29) is 6.10 Å². The van der Waals surface area contributed by atoms with Gasteiger partial charge in [-0.3, -0.25) is 0 Å². The van der Waals surface area contributed by atoms with Crippen LogP contribution in [0.25, 0.3) is 0 Å². The number of nitrogens with zero attached hydrogens (tertiary/aromatic N) is 1. The smallest absolute Gasteiger partial charge is 0.0538 e. The van der Waals surface area contributed by atoms with Crippen molar-refractivity contribution in [1.82, 2.24) is 4.90 Å². The van der Waals surface area contributed by atoms with Gasteiger partial charge in [0.25, 0.3) is 0 Å². The Labute approximate surface area is 94.7 Å². The molecule has 1 saturated carbocycles. The molecule has 90 valence electrons. The zero-order valence-corrected chi connectivity index (χ0v) is 10.6. The van der Waals surface area contributed by atoms with Crippen LogP contribution in [0.1, 0.15) is 52.9 Å². The molecule has 1 rings (SSSR count). The molecule has 0 spiro atoms. The van der Waals surface area contributed by atoms with Crippen LogP contribution >= 0.6 is 0 Å². The first-order valence-electron chi connectivity index (χ1n) is 6.55. The maximum Gasteiger partial charge on any atom is 0.0538 e. The van der Waals surface area contributed by atoms with Crippen molar-refractivity contribution in [2.45, 2.75) is 65.0 Å². The topological polar surface area (TPSA) is 23.5 Å². The molecule has 1 unspecified atom stereocenters. The summed E-state index contributed by atoms with van der Waals surface area (Å²) in [4.78, 5) is 2.62. The van der Waals surface area contributed by atoms with Crippen molar-refractivity contribution < 1.29 is 5.11 Å². The largest absolute Gasteiger partial charge is 0.393 e. The first-order chi connectivity index (χ1) is 7.13. The number of aliphatic hydroxyl groups is 1. The van der Waals surface area contributed by atoms with E-state index in [9.17, 15) is 5.11 Å². The number of aliphatic hydroxyl groups excluding tert-OH is 1. The summed E-state index contributed by atoms with van der Waals surface area (Å²) in [6.07, 6.45) is 5.72. The zero-order valence-electron chi connectivity index (χ0n) is 10.6. The molecule has 0 aromatic rings. The third kappa shape index (κ3) is 5.53. The normalized spacial score (nSPS) is 18.8. The molecule has 0 bridgehead atoms. The SMILES string of the molecule is CCC(O)CCCN(CC(C)C)C1CC1. The molecular weight excluding hydrogens is 186 g/mol. The average molecular weight is 213 g/mol.